The van der Waals surface area contributed by atoms with Crippen LogP contribution in [0.3, 0.4) is 0 Å². The predicted molar refractivity (Wildman–Crippen MR) is 111 cm³/mol. The SMILES string of the molecule is CN(C)CC(C)(C)CNC(=O)C1CCN(C(=O)Nc2cncc(Br)c2)CC1. The molecule has 8 heteroatoms. The van der Waals surface area contributed by atoms with E-state index in [4.69, 9.17) is 0 Å². The summed E-state index contributed by atoms with van der Waals surface area (Å²) in [5.74, 6) is 0.0646. The normalized spacial score (nSPS) is 15.7. The van der Waals surface area contributed by atoms with Crippen molar-refractivity contribution in [2.45, 2.75) is 26.7 Å². The summed E-state index contributed by atoms with van der Waals surface area (Å²) in [6, 6.07) is 1.65. The lowest BCUT2D eigenvalue weighted by molar-refractivity contribution is -0.126. The Labute approximate surface area is 170 Å². The molecule has 150 valence electrons. The largest absolute Gasteiger partial charge is 0.355 e. The summed E-state index contributed by atoms with van der Waals surface area (Å²) in [6.45, 7) is 7.02. The van der Waals surface area contributed by atoms with E-state index in [1.165, 1.54) is 0 Å². The minimum absolute atomic E-state index is 0.0255. The molecule has 0 spiro atoms. The van der Waals surface area contributed by atoms with Gasteiger partial charge in [-0.05, 0) is 54.3 Å². The van der Waals surface area contributed by atoms with E-state index in [2.05, 4.69) is 50.3 Å². The fourth-order valence-corrected chi connectivity index (χ4v) is 3.78. The number of hydrogen-bond donors (Lipinski definition) is 2. The molecule has 1 saturated heterocycles. The molecule has 2 rings (SSSR count). The molecule has 1 aromatic rings. The van der Waals surface area contributed by atoms with Crippen molar-refractivity contribution in [3.8, 4) is 0 Å². The lowest BCUT2D eigenvalue weighted by Gasteiger charge is -2.33. The van der Waals surface area contributed by atoms with Crippen molar-refractivity contribution < 1.29 is 9.59 Å². The van der Waals surface area contributed by atoms with E-state index in [1.54, 1.807) is 23.4 Å². The number of halogens is 1. The van der Waals surface area contributed by atoms with Crippen LogP contribution in [0.1, 0.15) is 26.7 Å². The number of carbonyl (C=O) groups excluding carboxylic acids is 2. The van der Waals surface area contributed by atoms with Crippen molar-refractivity contribution in [2.75, 3.05) is 45.6 Å². The minimum atomic E-state index is -0.152. The number of hydrogen-bond acceptors (Lipinski definition) is 4. The second kappa shape index (κ2) is 9.50. The smallest absolute Gasteiger partial charge is 0.321 e. The Morgan fingerprint density at radius 1 is 1.30 bits per heavy atom. The van der Waals surface area contributed by atoms with Gasteiger partial charge in [-0.3, -0.25) is 9.78 Å². The van der Waals surface area contributed by atoms with Gasteiger partial charge in [0.05, 0.1) is 11.9 Å². The molecule has 1 fully saturated rings. The number of rotatable bonds is 6. The van der Waals surface area contributed by atoms with Crippen LogP contribution in [0.2, 0.25) is 0 Å². The maximum atomic E-state index is 12.5. The van der Waals surface area contributed by atoms with Gasteiger partial charge in [0.15, 0.2) is 0 Å². The molecule has 1 aliphatic heterocycles. The number of carbonyl (C=O) groups is 2. The molecule has 27 heavy (non-hydrogen) atoms. The highest BCUT2D eigenvalue weighted by Gasteiger charge is 2.28. The van der Waals surface area contributed by atoms with E-state index < -0.39 is 0 Å². The molecular formula is C19H30BrN5O2. The molecule has 1 aromatic heterocycles. The van der Waals surface area contributed by atoms with Gasteiger partial charge in [-0.1, -0.05) is 13.8 Å². The summed E-state index contributed by atoms with van der Waals surface area (Å²) in [6.07, 6.45) is 4.64. The minimum Gasteiger partial charge on any atom is -0.355 e. The van der Waals surface area contributed by atoms with Crippen molar-refractivity contribution in [1.29, 1.82) is 0 Å². The molecule has 0 saturated carbocycles. The molecule has 2 N–H and O–H groups in total. The topological polar surface area (TPSA) is 77.6 Å². The Balaban J connectivity index is 1.77. The summed E-state index contributed by atoms with van der Waals surface area (Å²) in [4.78, 5) is 32.8. The molecule has 0 atom stereocenters. The number of likely N-dealkylation sites (tertiary alicyclic amines) is 1. The first-order valence-corrected chi connectivity index (χ1v) is 10.0. The van der Waals surface area contributed by atoms with Crippen molar-refractivity contribution in [1.82, 2.24) is 20.1 Å². The monoisotopic (exact) mass is 439 g/mol. The van der Waals surface area contributed by atoms with E-state index in [1.807, 2.05) is 14.1 Å². The van der Waals surface area contributed by atoms with E-state index >= 15 is 0 Å². The Bertz CT molecular complexity index is 657. The second-order valence-electron chi connectivity index (χ2n) is 8.20. The van der Waals surface area contributed by atoms with Gasteiger partial charge in [-0.25, -0.2) is 4.79 Å². The van der Waals surface area contributed by atoms with E-state index in [9.17, 15) is 9.59 Å². The predicted octanol–water partition coefficient (Wildman–Crippen LogP) is 2.79. The fraction of sp³-hybridized carbons (Fsp3) is 0.632. The first kappa shape index (κ1) is 21.6. The van der Waals surface area contributed by atoms with E-state index in [0.717, 1.165) is 11.0 Å². The summed E-state index contributed by atoms with van der Waals surface area (Å²) in [5, 5.41) is 5.94. The molecule has 0 bridgehead atoms. The van der Waals surface area contributed by atoms with Gasteiger partial charge in [0, 0.05) is 42.8 Å². The highest BCUT2D eigenvalue weighted by Crippen LogP contribution is 2.20. The van der Waals surface area contributed by atoms with Gasteiger partial charge < -0.3 is 20.4 Å². The molecule has 2 heterocycles. The lowest BCUT2D eigenvalue weighted by atomic mass is 9.91. The van der Waals surface area contributed by atoms with Crippen LogP contribution < -0.4 is 10.6 Å². The van der Waals surface area contributed by atoms with Crippen LogP contribution in [0.5, 0.6) is 0 Å². The van der Waals surface area contributed by atoms with Crippen molar-refractivity contribution in [2.24, 2.45) is 11.3 Å². The average molecular weight is 440 g/mol. The Morgan fingerprint density at radius 2 is 1.96 bits per heavy atom. The Hall–Kier alpha value is -1.67. The highest BCUT2D eigenvalue weighted by atomic mass is 79.9. The number of urea groups is 1. The highest BCUT2D eigenvalue weighted by molar-refractivity contribution is 9.10. The maximum absolute atomic E-state index is 12.5. The first-order valence-electron chi connectivity index (χ1n) is 9.25. The maximum Gasteiger partial charge on any atom is 0.321 e. The Morgan fingerprint density at radius 3 is 2.56 bits per heavy atom. The quantitative estimate of drug-likeness (QED) is 0.713. The third kappa shape index (κ3) is 7.10. The number of piperidine rings is 1. The molecule has 0 radical (unpaired) electrons. The second-order valence-corrected chi connectivity index (χ2v) is 9.12. The number of nitrogens with one attached hydrogen (secondary N) is 2. The van der Waals surface area contributed by atoms with E-state index in [0.29, 0.717) is 38.2 Å². The van der Waals surface area contributed by atoms with E-state index in [-0.39, 0.29) is 23.3 Å². The zero-order chi connectivity index (χ0) is 20.0. The van der Waals surface area contributed by atoms with Crippen LogP contribution in [-0.2, 0) is 4.79 Å². The molecule has 3 amide bonds. The number of nitrogens with zero attached hydrogens (tertiary/aromatic N) is 3. The molecule has 1 aliphatic rings. The van der Waals surface area contributed by atoms with Crippen LogP contribution in [-0.4, -0.2) is 67.0 Å². The van der Waals surface area contributed by atoms with Gasteiger partial charge in [0.25, 0.3) is 0 Å². The lowest BCUT2D eigenvalue weighted by Crippen LogP contribution is -2.46. The summed E-state index contributed by atoms with van der Waals surface area (Å²) < 4.78 is 0.813. The van der Waals surface area contributed by atoms with Gasteiger partial charge in [0.2, 0.25) is 5.91 Å². The van der Waals surface area contributed by atoms with Crippen molar-refractivity contribution >= 4 is 33.6 Å². The third-order valence-electron chi connectivity index (χ3n) is 4.59. The zero-order valence-electron chi connectivity index (χ0n) is 16.6. The van der Waals surface area contributed by atoms with Crippen molar-refractivity contribution in [3.63, 3.8) is 0 Å². The average Bonchev–Trinajstić information content (AvgIpc) is 2.59. The van der Waals surface area contributed by atoms with Gasteiger partial charge in [0.1, 0.15) is 0 Å². The van der Waals surface area contributed by atoms with Crippen LogP contribution in [0, 0.1) is 11.3 Å². The zero-order valence-corrected chi connectivity index (χ0v) is 18.2. The summed E-state index contributed by atoms with van der Waals surface area (Å²) in [7, 11) is 4.07. The third-order valence-corrected chi connectivity index (χ3v) is 5.03. The number of anilines is 1. The Kier molecular flexibility index (Phi) is 7.61. The number of aromatic nitrogens is 1. The van der Waals surface area contributed by atoms with Crippen LogP contribution in [0.15, 0.2) is 22.9 Å². The molecule has 7 nitrogen and oxygen atoms in total. The van der Waals surface area contributed by atoms with Crippen LogP contribution in [0.25, 0.3) is 0 Å². The van der Waals surface area contributed by atoms with Gasteiger partial charge in [-0.15, -0.1) is 0 Å². The van der Waals surface area contributed by atoms with Crippen LogP contribution >= 0.6 is 15.9 Å². The molecule has 0 aromatic carbocycles. The first-order chi connectivity index (χ1) is 12.7. The number of pyridine rings is 1. The fourth-order valence-electron chi connectivity index (χ4n) is 3.41. The molecule has 0 unspecified atom stereocenters. The van der Waals surface area contributed by atoms with Gasteiger partial charge >= 0.3 is 6.03 Å². The summed E-state index contributed by atoms with van der Waals surface area (Å²) in [5.41, 5.74) is 0.676. The number of amides is 3. The molecule has 0 aliphatic carbocycles. The van der Waals surface area contributed by atoms with Gasteiger partial charge in [-0.2, -0.15) is 0 Å². The standard InChI is InChI=1S/C19H30BrN5O2/c1-19(2,13-24(3)4)12-22-17(26)14-5-7-25(8-6-14)18(27)23-16-9-15(20)10-21-11-16/h9-11,14H,5-8,12-13H2,1-4H3,(H,22,26)(H,23,27). The summed E-state index contributed by atoms with van der Waals surface area (Å²) >= 11 is 3.34. The van der Waals surface area contributed by atoms with Crippen LogP contribution in [0.4, 0.5) is 10.5 Å². The van der Waals surface area contributed by atoms with Crippen molar-refractivity contribution in [3.05, 3.63) is 22.9 Å². The molecular weight excluding hydrogens is 410 g/mol.